The third-order valence-corrected chi connectivity index (χ3v) is 4.98. The molecule has 0 unspecified atom stereocenters. The molecule has 0 spiro atoms. The van der Waals surface area contributed by atoms with Crippen molar-refractivity contribution in [3.63, 3.8) is 0 Å². The largest absolute Gasteiger partial charge is 0.370 e. The number of para-hydroxylation sites is 1. The Morgan fingerprint density at radius 2 is 1.89 bits per heavy atom. The molecule has 1 aromatic carbocycles. The summed E-state index contributed by atoms with van der Waals surface area (Å²) >= 11 is 1.34. The van der Waals surface area contributed by atoms with Gasteiger partial charge in [0.05, 0.1) is 5.75 Å². The minimum Gasteiger partial charge on any atom is -0.370 e. The van der Waals surface area contributed by atoms with Crippen molar-refractivity contribution in [2.24, 2.45) is 11.7 Å². The Kier molecular flexibility index (Phi) is 7.41. The molecule has 27 heavy (non-hydrogen) atoms. The van der Waals surface area contributed by atoms with Crippen LogP contribution in [0.25, 0.3) is 0 Å². The van der Waals surface area contributed by atoms with E-state index in [1.807, 2.05) is 36.6 Å². The summed E-state index contributed by atoms with van der Waals surface area (Å²) in [7, 11) is 0. The first-order valence-corrected chi connectivity index (χ1v) is 9.95. The molecule has 0 saturated heterocycles. The second kappa shape index (κ2) is 9.55. The lowest BCUT2D eigenvalue weighted by Gasteiger charge is -2.13. The maximum absolute atomic E-state index is 12.4. The van der Waals surface area contributed by atoms with Gasteiger partial charge in [0, 0.05) is 25.1 Å². The number of nitrogens with two attached hydrogens (primary N) is 1. The van der Waals surface area contributed by atoms with Crippen molar-refractivity contribution in [1.82, 2.24) is 14.8 Å². The van der Waals surface area contributed by atoms with Gasteiger partial charge in [0.15, 0.2) is 5.16 Å². The minimum absolute atomic E-state index is 0.0878. The molecule has 0 atom stereocenters. The molecule has 1 aromatic heterocycles. The van der Waals surface area contributed by atoms with Gasteiger partial charge in [0.25, 0.3) is 0 Å². The number of amides is 2. The van der Waals surface area contributed by atoms with E-state index in [1.54, 1.807) is 0 Å². The lowest BCUT2D eigenvalue weighted by Crippen LogP contribution is -2.17. The Hall–Kier alpha value is -2.35. The highest BCUT2D eigenvalue weighted by molar-refractivity contribution is 7.99. The summed E-state index contributed by atoms with van der Waals surface area (Å²) in [5.74, 6) is 0.891. The molecule has 0 fully saturated rings. The summed E-state index contributed by atoms with van der Waals surface area (Å²) < 4.78 is 1.98. The quantitative estimate of drug-likeness (QED) is 0.642. The normalized spacial score (nSPS) is 11.0. The van der Waals surface area contributed by atoms with Gasteiger partial charge in [-0.3, -0.25) is 9.59 Å². The van der Waals surface area contributed by atoms with Crippen LogP contribution in [0.3, 0.4) is 0 Å². The van der Waals surface area contributed by atoms with Crippen LogP contribution in [-0.2, 0) is 22.6 Å². The van der Waals surface area contributed by atoms with Crippen molar-refractivity contribution in [3.8, 4) is 0 Å². The van der Waals surface area contributed by atoms with Crippen LogP contribution in [0.4, 0.5) is 5.69 Å². The number of primary amides is 1. The highest BCUT2D eigenvalue weighted by Gasteiger charge is 2.16. The maximum atomic E-state index is 12.4. The first kappa shape index (κ1) is 21.0. The highest BCUT2D eigenvalue weighted by Crippen LogP contribution is 2.22. The summed E-state index contributed by atoms with van der Waals surface area (Å²) in [5, 5.41) is 12.0. The summed E-state index contributed by atoms with van der Waals surface area (Å²) in [6, 6.07) is 5.91. The zero-order valence-corrected chi connectivity index (χ0v) is 17.1. The smallest absolute Gasteiger partial charge is 0.234 e. The second-order valence-corrected chi connectivity index (χ2v) is 7.92. The molecule has 7 nitrogen and oxygen atoms in total. The van der Waals surface area contributed by atoms with Gasteiger partial charge >= 0.3 is 0 Å². The Morgan fingerprint density at radius 1 is 1.22 bits per heavy atom. The fourth-order valence-corrected chi connectivity index (χ4v) is 3.48. The number of hydrogen-bond donors (Lipinski definition) is 2. The predicted molar refractivity (Wildman–Crippen MR) is 108 cm³/mol. The number of anilines is 1. The molecule has 0 aliphatic rings. The molecule has 8 heteroatoms. The van der Waals surface area contributed by atoms with E-state index >= 15 is 0 Å². The third-order valence-electron chi connectivity index (χ3n) is 4.01. The predicted octanol–water partition coefficient (Wildman–Crippen LogP) is 2.70. The standard InChI is InChI=1S/C19H27N5O2S/c1-12(2)10-24-16(9-8-15(20)25)22-23-19(24)27-11-17(26)21-18-13(3)6-5-7-14(18)4/h5-7,12H,8-11H2,1-4H3,(H2,20,25)(H,21,26). The van der Waals surface area contributed by atoms with Crippen molar-refractivity contribution >= 4 is 29.3 Å². The number of hydrogen-bond acceptors (Lipinski definition) is 5. The van der Waals surface area contributed by atoms with Gasteiger partial charge in [-0.1, -0.05) is 43.8 Å². The maximum Gasteiger partial charge on any atom is 0.234 e. The van der Waals surface area contributed by atoms with Gasteiger partial charge in [-0.05, 0) is 30.9 Å². The Balaban J connectivity index is 2.05. The second-order valence-electron chi connectivity index (χ2n) is 6.97. The molecule has 2 amide bonds. The van der Waals surface area contributed by atoms with Crippen molar-refractivity contribution < 1.29 is 9.59 Å². The van der Waals surface area contributed by atoms with Gasteiger partial charge in [0.2, 0.25) is 11.8 Å². The van der Waals surface area contributed by atoms with Crippen LogP contribution < -0.4 is 11.1 Å². The first-order chi connectivity index (χ1) is 12.8. The van der Waals surface area contributed by atoms with E-state index in [0.717, 1.165) is 29.2 Å². The molecule has 0 aliphatic carbocycles. The van der Waals surface area contributed by atoms with E-state index in [2.05, 4.69) is 29.4 Å². The molecule has 0 aliphatic heterocycles. The molecule has 3 N–H and O–H groups in total. The number of carbonyl (C=O) groups excluding carboxylic acids is 2. The monoisotopic (exact) mass is 389 g/mol. The van der Waals surface area contributed by atoms with Crippen LogP contribution in [0, 0.1) is 19.8 Å². The van der Waals surface area contributed by atoms with Crippen LogP contribution >= 0.6 is 11.8 Å². The van der Waals surface area contributed by atoms with Crippen LogP contribution in [0.15, 0.2) is 23.4 Å². The Labute approximate surface area is 164 Å². The molecule has 1 heterocycles. The Morgan fingerprint density at radius 3 is 2.48 bits per heavy atom. The van der Waals surface area contributed by atoms with Crippen LogP contribution in [0.1, 0.15) is 37.2 Å². The number of thioether (sulfide) groups is 1. The number of benzene rings is 1. The number of nitrogens with zero attached hydrogens (tertiary/aromatic N) is 3. The topological polar surface area (TPSA) is 103 Å². The summed E-state index contributed by atoms with van der Waals surface area (Å²) in [5.41, 5.74) is 8.16. The van der Waals surface area contributed by atoms with Crippen LogP contribution in [0.5, 0.6) is 0 Å². The first-order valence-electron chi connectivity index (χ1n) is 8.97. The minimum atomic E-state index is -0.365. The molecule has 146 valence electrons. The number of aryl methyl sites for hydroxylation is 3. The molecule has 2 aromatic rings. The fourth-order valence-electron chi connectivity index (χ4n) is 2.71. The summed E-state index contributed by atoms with van der Waals surface area (Å²) in [6.07, 6.45) is 0.679. The van der Waals surface area contributed by atoms with Gasteiger partial charge in [-0.25, -0.2) is 0 Å². The van der Waals surface area contributed by atoms with Crippen molar-refractivity contribution in [2.45, 2.75) is 52.2 Å². The molecular weight excluding hydrogens is 362 g/mol. The number of carbonyl (C=O) groups is 2. The van der Waals surface area contributed by atoms with E-state index < -0.39 is 0 Å². The summed E-state index contributed by atoms with van der Waals surface area (Å²) in [6.45, 7) is 8.86. The van der Waals surface area contributed by atoms with Gasteiger partial charge in [-0.15, -0.1) is 10.2 Å². The molecule has 0 bridgehead atoms. The molecule has 0 saturated carbocycles. The third kappa shape index (κ3) is 6.09. The number of rotatable bonds is 9. The van der Waals surface area contributed by atoms with Gasteiger partial charge < -0.3 is 15.6 Å². The average Bonchev–Trinajstić information content (AvgIpc) is 2.95. The SMILES string of the molecule is Cc1cccc(C)c1NC(=O)CSc1nnc(CCC(N)=O)n1CC(C)C. The highest BCUT2D eigenvalue weighted by atomic mass is 32.2. The fraction of sp³-hybridized carbons (Fsp3) is 0.474. The van der Waals surface area contributed by atoms with E-state index in [0.29, 0.717) is 17.5 Å². The zero-order chi connectivity index (χ0) is 20.0. The lowest BCUT2D eigenvalue weighted by atomic mass is 10.1. The zero-order valence-electron chi connectivity index (χ0n) is 16.3. The molecular formula is C19H27N5O2S. The van der Waals surface area contributed by atoms with Crippen LogP contribution in [0.2, 0.25) is 0 Å². The number of aromatic nitrogens is 3. The summed E-state index contributed by atoms with van der Waals surface area (Å²) in [4.78, 5) is 23.5. The Bertz CT molecular complexity index is 796. The van der Waals surface area contributed by atoms with Crippen LogP contribution in [-0.4, -0.2) is 32.3 Å². The van der Waals surface area contributed by atoms with Crippen molar-refractivity contribution in [3.05, 3.63) is 35.2 Å². The van der Waals surface area contributed by atoms with Gasteiger partial charge in [-0.2, -0.15) is 0 Å². The van der Waals surface area contributed by atoms with E-state index in [1.165, 1.54) is 11.8 Å². The van der Waals surface area contributed by atoms with Gasteiger partial charge in [0.1, 0.15) is 5.82 Å². The molecule has 2 rings (SSSR count). The van der Waals surface area contributed by atoms with Crippen molar-refractivity contribution in [2.75, 3.05) is 11.1 Å². The molecule has 0 radical (unpaired) electrons. The number of nitrogens with one attached hydrogen (secondary N) is 1. The van der Waals surface area contributed by atoms with E-state index in [-0.39, 0.29) is 24.0 Å². The van der Waals surface area contributed by atoms with E-state index in [4.69, 9.17) is 5.73 Å². The lowest BCUT2D eigenvalue weighted by molar-refractivity contribution is -0.118. The average molecular weight is 390 g/mol. The van der Waals surface area contributed by atoms with E-state index in [9.17, 15) is 9.59 Å². The van der Waals surface area contributed by atoms with Crippen molar-refractivity contribution in [1.29, 1.82) is 0 Å².